The van der Waals surface area contributed by atoms with E-state index < -0.39 is 6.04 Å². The minimum atomic E-state index is -0.441. The van der Waals surface area contributed by atoms with Crippen molar-refractivity contribution in [1.29, 1.82) is 0 Å². The molecule has 1 aliphatic rings. The molecule has 6 nitrogen and oxygen atoms in total. The minimum Gasteiger partial charge on any atom is -0.353 e. The minimum absolute atomic E-state index is 0.0140. The number of rotatable bonds is 4. The monoisotopic (exact) mass is 445 g/mol. The number of carbonyl (C=O) groups is 1. The van der Waals surface area contributed by atoms with E-state index in [1.54, 1.807) is 0 Å². The fourth-order valence-electron chi connectivity index (χ4n) is 4.54. The Labute approximate surface area is 191 Å². The molecule has 0 bridgehead atoms. The Morgan fingerprint density at radius 1 is 1.09 bits per heavy atom. The molecule has 1 unspecified atom stereocenters. The molecule has 1 atom stereocenters. The fourth-order valence-corrected chi connectivity index (χ4v) is 4.74. The third-order valence-corrected chi connectivity index (χ3v) is 6.38. The summed E-state index contributed by atoms with van der Waals surface area (Å²) < 4.78 is 1.91. The smallest absolute Gasteiger partial charge is 0.242 e. The molecule has 2 aromatic carbocycles. The average molecular weight is 446 g/mol. The molecule has 32 heavy (non-hydrogen) atoms. The normalized spacial score (nSPS) is 17.0. The summed E-state index contributed by atoms with van der Waals surface area (Å²) in [7, 11) is 0. The van der Waals surface area contributed by atoms with Crippen molar-refractivity contribution in [3.05, 3.63) is 88.3 Å². The molecule has 0 aliphatic carbocycles. The van der Waals surface area contributed by atoms with Gasteiger partial charge in [-0.1, -0.05) is 48.0 Å². The van der Waals surface area contributed by atoms with E-state index in [-0.39, 0.29) is 5.91 Å². The van der Waals surface area contributed by atoms with Gasteiger partial charge in [-0.3, -0.25) is 9.69 Å². The van der Waals surface area contributed by atoms with Gasteiger partial charge in [0, 0.05) is 41.8 Å². The number of fused-ring (bicyclic) bond motifs is 1. The number of benzene rings is 2. The van der Waals surface area contributed by atoms with E-state index in [0.29, 0.717) is 18.2 Å². The van der Waals surface area contributed by atoms with Crippen molar-refractivity contribution < 1.29 is 4.79 Å². The van der Waals surface area contributed by atoms with Crippen molar-refractivity contribution in [1.82, 2.24) is 25.0 Å². The number of carbonyl (C=O) groups excluding carboxylic acids is 1. The number of piperazine rings is 1. The predicted octanol–water partition coefficient (Wildman–Crippen LogP) is 4.36. The number of nitrogens with zero attached hydrogens (tertiary/aromatic N) is 4. The number of pyridine rings is 1. The molecule has 2 aromatic heterocycles. The molecule has 0 radical (unpaired) electrons. The van der Waals surface area contributed by atoms with Gasteiger partial charge in [0.15, 0.2) is 0 Å². The van der Waals surface area contributed by atoms with Crippen LogP contribution in [0.25, 0.3) is 16.6 Å². The van der Waals surface area contributed by atoms with Crippen LogP contribution in [0, 0.1) is 13.8 Å². The third-order valence-electron chi connectivity index (χ3n) is 6.06. The summed E-state index contributed by atoms with van der Waals surface area (Å²) in [5, 5.41) is 9.30. The number of hydrogen-bond acceptors (Lipinski definition) is 4. The molecule has 3 heterocycles. The summed E-state index contributed by atoms with van der Waals surface area (Å²) in [5.41, 5.74) is 5.50. The van der Waals surface area contributed by atoms with Gasteiger partial charge in [-0.2, -0.15) is 5.10 Å². The standard InChI is InChI=1S/C25H24ClN5O/c1-16-22(17(2)31(29-16)20-9-4-3-5-10-20)23-25(32)27-12-13-30(23)15-19-14-18-8-6-7-11-21(18)28-24(19)26/h3-11,14,23H,12-13,15H2,1-2H3,(H,27,32). The van der Waals surface area contributed by atoms with E-state index in [9.17, 15) is 4.79 Å². The van der Waals surface area contributed by atoms with Crippen molar-refractivity contribution in [2.24, 2.45) is 0 Å². The quantitative estimate of drug-likeness (QED) is 0.474. The van der Waals surface area contributed by atoms with Gasteiger partial charge in [0.25, 0.3) is 0 Å². The van der Waals surface area contributed by atoms with Gasteiger partial charge >= 0.3 is 0 Å². The lowest BCUT2D eigenvalue weighted by Crippen LogP contribution is -2.49. The molecule has 0 spiro atoms. The van der Waals surface area contributed by atoms with Gasteiger partial charge < -0.3 is 5.32 Å². The fraction of sp³-hybridized carbons (Fsp3) is 0.240. The predicted molar refractivity (Wildman–Crippen MR) is 126 cm³/mol. The van der Waals surface area contributed by atoms with Crippen LogP contribution >= 0.6 is 11.6 Å². The van der Waals surface area contributed by atoms with Crippen LogP contribution in [0.2, 0.25) is 5.15 Å². The van der Waals surface area contributed by atoms with E-state index in [1.807, 2.05) is 73.1 Å². The Bertz CT molecular complexity index is 1300. The van der Waals surface area contributed by atoms with E-state index in [4.69, 9.17) is 16.7 Å². The van der Waals surface area contributed by atoms with Crippen LogP contribution in [0.1, 0.15) is 28.6 Å². The number of aromatic nitrogens is 3. The second-order valence-corrected chi connectivity index (χ2v) is 8.48. The number of halogens is 1. The average Bonchev–Trinajstić information content (AvgIpc) is 3.09. The molecule has 162 valence electrons. The molecule has 4 aromatic rings. The topological polar surface area (TPSA) is 63.1 Å². The first-order valence-corrected chi connectivity index (χ1v) is 11.1. The van der Waals surface area contributed by atoms with E-state index in [0.717, 1.165) is 45.6 Å². The first-order chi connectivity index (χ1) is 15.5. The highest BCUT2D eigenvalue weighted by molar-refractivity contribution is 6.30. The maximum absolute atomic E-state index is 13.1. The number of para-hydroxylation sites is 2. The van der Waals surface area contributed by atoms with Crippen molar-refractivity contribution in [3.8, 4) is 5.69 Å². The van der Waals surface area contributed by atoms with Gasteiger partial charge in [0.1, 0.15) is 11.2 Å². The van der Waals surface area contributed by atoms with Crippen molar-refractivity contribution in [2.45, 2.75) is 26.4 Å². The van der Waals surface area contributed by atoms with Crippen LogP contribution in [0.3, 0.4) is 0 Å². The first-order valence-electron chi connectivity index (χ1n) is 10.7. The Morgan fingerprint density at radius 2 is 1.84 bits per heavy atom. The molecule has 7 heteroatoms. The van der Waals surface area contributed by atoms with Crippen molar-refractivity contribution in [3.63, 3.8) is 0 Å². The second-order valence-electron chi connectivity index (χ2n) is 8.13. The molecule has 1 saturated heterocycles. The van der Waals surface area contributed by atoms with Crippen LogP contribution in [0.4, 0.5) is 0 Å². The van der Waals surface area contributed by atoms with Crippen LogP contribution in [-0.4, -0.2) is 38.7 Å². The lowest BCUT2D eigenvalue weighted by molar-refractivity contribution is -0.129. The summed E-state index contributed by atoms with van der Waals surface area (Å²) in [6, 6.07) is 19.5. The molecule has 1 fully saturated rings. The highest BCUT2D eigenvalue weighted by Gasteiger charge is 2.35. The first kappa shape index (κ1) is 20.7. The van der Waals surface area contributed by atoms with Crippen molar-refractivity contribution in [2.75, 3.05) is 13.1 Å². The summed E-state index contributed by atoms with van der Waals surface area (Å²) in [5.74, 6) is -0.0140. The van der Waals surface area contributed by atoms with Gasteiger partial charge in [-0.05, 0) is 38.1 Å². The maximum atomic E-state index is 13.1. The number of amides is 1. The number of nitrogens with one attached hydrogen (secondary N) is 1. The SMILES string of the molecule is Cc1nn(-c2ccccc2)c(C)c1C1C(=O)NCCN1Cc1cc2ccccc2nc1Cl. The zero-order chi connectivity index (χ0) is 22.2. The Hall–Kier alpha value is -3.22. The lowest BCUT2D eigenvalue weighted by Gasteiger charge is -2.35. The van der Waals surface area contributed by atoms with Gasteiger partial charge in [0.05, 0.1) is 16.9 Å². The summed E-state index contributed by atoms with van der Waals surface area (Å²) >= 11 is 6.54. The molecule has 5 rings (SSSR count). The van der Waals surface area contributed by atoms with Crippen LogP contribution in [-0.2, 0) is 11.3 Å². The van der Waals surface area contributed by atoms with Crippen LogP contribution in [0.5, 0.6) is 0 Å². The molecular weight excluding hydrogens is 422 g/mol. The lowest BCUT2D eigenvalue weighted by atomic mass is 9.99. The molecule has 0 saturated carbocycles. The Kier molecular flexibility index (Phi) is 5.41. The number of aryl methyl sites for hydroxylation is 1. The highest BCUT2D eigenvalue weighted by Crippen LogP contribution is 2.32. The van der Waals surface area contributed by atoms with E-state index >= 15 is 0 Å². The second kappa shape index (κ2) is 8.37. The Balaban J connectivity index is 1.54. The zero-order valence-corrected chi connectivity index (χ0v) is 18.8. The molecule has 1 aliphatic heterocycles. The highest BCUT2D eigenvalue weighted by atomic mass is 35.5. The van der Waals surface area contributed by atoms with Gasteiger partial charge in [-0.25, -0.2) is 9.67 Å². The largest absolute Gasteiger partial charge is 0.353 e. The van der Waals surface area contributed by atoms with E-state index in [2.05, 4.69) is 21.3 Å². The Morgan fingerprint density at radius 3 is 2.66 bits per heavy atom. The van der Waals surface area contributed by atoms with E-state index in [1.165, 1.54) is 0 Å². The molecular formula is C25H24ClN5O. The molecule has 1 N–H and O–H groups in total. The maximum Gasteiger partial charge on any atom is 0.242 e. The van der Waals surface area contributed by atoms with Gasteiger partial charge in [-0.15, -0.1) is 0 Å². The molecule has 1 amide bonds. The summed E-state index contributed by atoms with van der Waals surface area (Å²) in [6.45, 7) is 5.83. The van der Waals surface area contributed by atoms with Crippen molar-refractivity contribution >= 4 is 28.4 Å². The zero-order valence-electron chi connectivity index (χ0n) is 18.0. The third kappa shape index (κ3) is 3.66. The van der Waals surface area contributed by atoms with Crippen LogP contribution in [0.15, 0.2) is 60.7 Å². The summed E-state index contributed by atoms with van der Waals surface area (Å²) in [6.07, 6.45) is 0. The number of hydrogen-bond donors (Lipinski definition) is 1. The summed E-state index contributed by atoms with van der Waals surface area (Å²) in [4.78, 5) is 19.8. The van der Waals surface area contributed by atoms with Gasteiger partial charge in [0.2, 0.25) is 5.91 Å². The van der Waals surface area contributed by atoms with Crippen LogP contribution < -0.4 is 5.32 Å².